The largest absolute Gasteiger partial charge is 0.488 e. The Bertz CT molecular complexity index is 1360. The summed E-state index contributed by atoms with van der Waals surface area (Å²) in [7, 11) is 0. The lowest BCUT2D eigenvalue weighted by atomic mass is 10.0. The van der Waals surface area contributed by atoms with Crippen molar-refractivity contribution < 1.29 is 14.3 Å². The number of esters is 1. The Morgan fingerprint density at radius 2 is 1.62 bits per heavy atom. The molecule has 1 aliphatic rings. The van der Waals surface area contributed by atoms with Gasteiger partial charge in [-0.2, -0.15) is 0 Å². The minimum Gasteiger partial charge on any atom is -0.488 e. The number of hydrogen-bond acceptors (Lipinski definition) is 4. The molecular weight excluding hydrogens is 422 g/mol. The third-order valence-corrected chi connectivity index (χ3v) is 5.41. The topological polar surface area (TPSA) is 47.9 Å². The second-order valence-corrected chi connectivity index (χ2v) is 7.75. The molecular formula is C27H18ClNO3. The molecule has 5 rings (SSSR count). The van der Waals surface area contributed by atoms with Gasteiger partial charge in [0.05, 0.1) is 0 Å². The summed E-state index contributed by atoms with van der Waals surface area (Å²) in [6.45, 7) is 0.416. The average Bonchev–Trinajstić information content (AvgIpc) is 3.19. The summed E-state index contributed by atoms with van der Waals surface area (Å²) < 4.78 is 11.6. The van der Waals surface area contributed by atoms with Gasteiger partial charge in [-0.05, 0) is 52.7 Å². The first-order valence-corrected chi connectivity index (χ1v) is 10.5. The zero-order chi connectivity index (χ0) is 21.9. The number of benzene rings is 4. The number of rotatable bonds is 5. The molecule has 0 saturated carbocycles. The number of aliphatic imine (C=N–C) groups is 1. The van der Waals surface area contributed by atoms with Crippen LogP contribution in [0.3, 0.4) is 0 Å². The van der Waals surface area contributed by atoms with Crippen molar-refractivity contribution in [1.82, 2.24) is 0 Å². The fourth-order valence-electron chi connectivity index (χ4n) is 3.55. The van der Waals surface area contributed by atoms with Crippen molar-refractivity contribution in [2.24, 2.45) is 4.99 Å². The van der Waals surface area contributed by atoms with E-state index >= 15 is 0 Å². The van der Waals surface area contributed by atoms with Gasteiger partial charge in [-0.15, -0.1) is 0 Å². The maximum atomic E-state index is 12.6. The first-order chi connectivity index (χ1) is 15.7. The second-order valence-electron chi connectivity index (χ2n) is 7.32. The molecule has 0 aromatic heterocycles. The highest BCUT2D eigenvalue weighted by molar-refractivity contribution is 6.30. The van der Waals surface area contributed by atoms with E-state index < -0.39 is 5.97 Å². The Hall–Kier alpha value is -3.89. The van der Waals surface area contributed by atoms with E-state index in [-0.39, 0.29) is 11.6 Å². The highest BCUT2D eigenvalue weighted by Crippen LogP contribution is 2.32. The zero-order valence-electron chi connectivity index (χ0n) is 17.0. The second kappa shape index (κ2) is 8.69. The third-order valence-electron chi connectivity index (χ3n) is 5.16. The minimum absolute atomic E-state index is 0.218. The molecule has 0 radical (unpaired) electrons. The fourth-order valence-corrected chi connectivity index (χ4v) is 3.67. The molecule has 32 heavy (non-hydrogen) atoms. The number of cyclic esters (lactones) is 1. The van der Waals surface area contributed by atoms with Crippen molar-refractivity contribution in [2.75, 3.05) is 0 Å². The van der Waals surface area contributed by atoms with E-state index in [0.717, 1.165) is 21.9 Å². The highest BCUT2D eigenvalue weighted by atomic mass is 35.5. The molecule has 0 atom stereocenters. The van der Waals surface area contributed by atoms with E-state index in [9.17, 15) is 4.79 Å². The number of ether oxygens (including phenoxy) is 2. The lowest BCUT2D eigenvalue weighted by Gasteiger charge is -2.12. The van der Waals surface area contributed by atoms with Crippen LogP contribution in [0.1, 0.15) is 16.7 Å². The predicted octanol–water partition coefficient (Wildman–Crippen LogP) is 6.42. The van der Waals surface area contributed by atoms with Crippen LogP contribution in [-0.2, 0) is 16.1 Å². The van der Waals surface area contributed by atoms with Crippen LogP contribution in [0.15, 0.2) is 102 Å². The Kier molecular flexibility index (Phi) is 5.44. The van der Waals surface area contributed by atoms with E-state index in [2.05, 4.69) is 4.99 Å². The van der Waals surface area contributed by atoms with Crippen LogP contribution >= 0.6 is 11.6 Å². The van der Waals surface area contributed by atoms with Gasteiger partial charge in [0, 0.05) is 16.1 Å². The van der Waals surface area contributed by atoms with Gasteiger partial charge in [0.1, 0.15) is 12.4 Å². The summed E-state index contributed by atoms with van der Waals surface area (Å²) in [5, 5.41) is 2.61. The maximum Gasteiger partial charge on any atom is 0.363 e. The zero-order valence-corrected chi connectivity index (χ0v) is 17.8. The van der Waals surface area contributed by atoms with Gasteiger partial charge in [0.15, 0.2) is 5.70 Å². The van der Waals surface area contributed by atoms with Crippen molar-refractivity contribution in [3.05, 3.63) is 118 Å². The van der Waals surface area contributed by atoms with Crippen LogP contribution in [0.4, 0.5) is 0 Å². The van der Waals surface area contributed by atoms with Crippen LogP contribution in [0.5, 0.6) is 5.75 Å². The van der Waals surface area contributed by atoms with Crippen LogP contribution in [0.2, 0.25) is 5.02 Å². The van der Waals surface area contributed by atoms with Crippen molar-refractivity contribution in [2.45, 2.75) is 6.61 Å². The Balaban J connectivity index is 1.55. The molecule has 4 aromatic rings. The number of carbonyl (C=O) groups is 1. The van der Waals surface area contributed by atoms with E-state index in [1.807, 2.05) is 66.7 Å². The van der Waals surface area contributed by atoms with Crippen molar-refractivity contribution in [3.63, 3.8) is 0 Å². The number of halogens is 1. The first-order valence-electron chi connectivity index (χ1n) is 10.1. The lowest BCUT2D eigenvalue weighted by molar-refractivity contribution is -0.129. The molecule has 1 aliphatic heterocycles. The molecule has 0 saturated heterocycles. The van der Waals surface area contributed by atoms with Crippen molar-refractivity contribution in [1.29, 1.82) is 0 Å². The quantitative estimate of drug-likeness (QED) is 0.266. The van der Waals surface area contributed by atoms with Gasteiger partial charge in [-0.3, -0.25) is 0 Å². The molecule has 0 unspecified atom stereocenters. The molecule has 5 heteroatoms. The molecule has 4 aromatic carbocycles. The summed E-state index contributed by atoms with van der Waals surface area (Å²) in [6, 6.07) is 28.8. The predicted molar refractivity (Wildman–Crippen MR) is 127 cm³/mol. The number of fused-ring (bicyclic) bond motifs is 1. The molecule has 0 fully saturated rings. The monoisotopic (exact) mass is 439 g/mol. The Morgan fingerprint density at radius 3 is 2.44 bits per heavy atom. The van der Waals surface area contributed by atoms with Crippen molar-refractivity contribution in [3.8, 4) is 5.75 Å². The fraction of sp³-hybridized carbons (Fsp3) is 0.0370. The van der Waals surface area contributed by atoms with E-state index in [1.165, 1.54) is 0 Å². The van der Waals surface area contributed by atoms with Gasteiger partial charge in [0.25, 0.3) is 0 Å². The smallest absolute Gasteiger partial charge is 0.363 e. The Labute approximate surface area is 190 Å². The normalized spacial score (nSPS) is 14.5. The van der Waals surface area contributed by atoms with Gasteiger partial charge >= 0.3 is 5.97 Å². The average molecular weight is 440 g/mol. The number of carbonyl (C=O) groups excluding carboxylic acids is 1. The van der Waals surface area contributed by atoms with Crippen LogP contribution < -0.4 is 4.74 Å². The van der Waals surface area contributed by atoms with Crippen molar-refractivity contribution >= 4 is 40.3 Å². The molecule has 156 valence electrons. The number of nitrogens with zero attached hydrogens (tertiary/aromatic N) is 1. The summed E-state index contributed by atoms with van der Waals surface area (Å²) in [6.07, 6.45) is 1.73. The van der Waals surface area contributed by atoms with Crippen LogP contribution in [0, 0.1) is 0 Å². The minimum atomic E-state index is -0.503. The standard InChI is InChI=1S/C27H18ClNO3/c28-21-13-10-20(11-14-21)26-29-24(27(30)32-26)16-23-22-9-5-4-8-19(22)12-15-25(23)31-17-18-6-2-1-3-7-18/h1-16H,17H2/b24-16-. The molecule has 0 amide bonds. The highest BCUT2D eigenvalue weighted by Gasteiger charge is 2.25. The van der Waals surface area contributed by atoms with Gasteiger partial charge < -0.3 is 9.47 Å². The van der Waals surface area contributed by atoms with E-state index in [0.29, 0.717) is 22.9 Å². The summed E-state index contributed by atoms with van der Waals surface area (Å²) in [4.78, 5) is 17.0. The first kappa shape index (κ1) is 20.0. The van der Waals surface area contributed by atoms with Gasteiger partial charge in [-0.25, -0.2) is 9.79 Å². The van der Waals surface area contributed by atoms with Crippen LogP contribution in [0.25, 0.3) is 16.8 Å². The molecule has 1 heterocycles. The number of hydrogen-bond donors (Lipinski definition) is 0. The van der Waals surface area contributed by atoms with Gasteiger partial charge in [0.2, 0.25) is 5.90 Å². The SMILES string of the molecule is O=C1OC(c2ccc(Cl)cc2)=N/C1=C\c1c(OCc2ccccc2)ccc2ccccc12. The molecule has 4 nitrogen and oxygen atoms in total. The lowest BCUT2D eigenvalue weighted by Crippen LogP contribution is -2.05. The van der Waals surface area contributed by atoms with E-state index in [4.69, 9.17) is 21.1 Å². The summed E-state index contributed by atoms with van der Waals surface area (Å²) in [5.74, 6) is 0.421. The van der Waals surface area contributed by atoms with E-state index in [1.54, 1.807) is 30.3 Å². The molecule has 0 aliphatic carbocycles. The Morgan fingerprint density at radius 1 is 0.875 bits per heavy atom. The maximum absolute atomic E-state index is 12.6. The summed E-state index contributed by atoms with van der Waals surface area (Å²) in [5.41, 5.74) is 2.75. The molecule has 0 N–H and O–H groups in total. The van der Waals surface area contributed by atoms with Gasteiger partial charge in [-0.1, -0.05) is 72.3 Å². The summed E-state index contributed by atoms with van der Waals surface area (Å²) >= 11 is 5.96. The molecule has 0 spiro atoms. The third kappa shape index (κ3) is 4.13. The van der Waals surface area contributed by atoms with Crippen LogP contribution in [-0.4, -0.2) is 11.9 Å². The molecule has 0 bridgehead atoms.